The van der Waals surface area contributed by atoms with E-state index in [0.717, 1.165) is 12.8 Å². The van der Waals surface area contributed by atoms with E-state index in [9.17, 15) is 9.59 Å². The molecule has 0 saturated heterocycles. The summed E-state index contributed by atoms with van der Waals surface area (Å²) in [5.41, 5.74) is 0. The summed E-state index contributed by atoms with van der Waals surface area (Å²) in [6.45, 7) is 2.45. The monoisotopic (exact) mass is 258 g/mol. The molecule has 0 radical (unpaired) electrons. The lowest BCUT2D eigenvalue weighted by molar-refractivity contribution is -0.137. The van der Waals surface area contributed by atoms with Crippen molar-refractivity contribution in [3.05, 3.63) is 0 Å². The van der Waals surface area contributed by atoms with Gasteiger partial charge in [-0.1, -0.05) is 6.92 Å². The van der Waals surface area contributed by atoms with Crippen LogP contribution in [0.2, 0.25) is 0 Å². The van der Waals surface area contributed by atoms with Gasteiger partial charge in [0.25, 0.3) is 0 Å². The molecule has 3 N–H and O–H groups in total. The molecule has 18 heavy (non-hydrogen) atoms. The number of hydrogen-bond acceptors (Lipinski definition) is 3. The predicted molar refractivity (Wildman–Crippen MR) is 66.2 cm³/mol. The Morgan fingerprint density at radius 1 is 1.44 bits per heavy atom. The second-order valence-electron chi connectivity index (χ2n) is 5.02. The molecule has 6 heteroatoms. The number of carboxylic acid groups (broad SMARTS) is 1. The van der Waals surface area contributed by atoms with Gasteiger partial charge in [0.05, 0.1) is 12.5 Å². The maximum atomic E-state index is 11.8. The molecular formula is C12H22N2O4. The van der Waals surface area contributed by atoms with Crippen molar-refractivity contribution in [2.75, 3.05) is 13.6 Å². The summed E-state index contributed by atoms with van der Waals surface area (Å²) in [4.78, 5) is 24.0. The van der Waals surface area contributed by atoms with Gasteiger partial charge in [-0.25, -0.2) is 4.79 Å². The number of urea groups is 1. The topological polar surface area (TPSA) is 89.9 Å². The highest BCUT2D eigenvalue weighted by molar-refractivity contribution is 5.75. The Morgan fingerprint density at radius 3 is 2.50 bits per heavy atom. The van der Waals surface area contributed by atoms with Gasteiger partial charge < -0.3 is 20.4 Å². The highest BCUT2D eigenvalue weighted by Crippen LogP contribution is 2.27. The van der Waals surface area contributed by atoms with Crippen molar-refractivity contribution in [3.8, 4) is 0 Å². The number of rotatable bonds is 6. The number of aliphatic carboxylic acids is 1. The minimum absolute atomic E-state index is 0.0573. The molecule has 1 unspecified atom stereocenters. The van der Waals surface area contributed by atoms with Gasteiger partial charge in [0, 0.05) is 19.6 Å². The van der Waals surface area contributed by atoms with Crippen LogP contribution in [0.25, 0.3) is 0 Å². The molecule has 1 fully saturated rings. The fourth-order valence-corrected chi connectivity index (χ4v) is 2.11. The van der Waals surface area contributed by atoms with E-state index in [1.807, 2.05) is 6.92 Å². The number of carboxylic acids is 1. The number of hydrogen-bond donors (Lipinski definition) is 3. The highest BCUT2D eigenvalue weighted by Gasteiger charge is 2.29. The fourth-order valence-electron chi connectivity index (χ4n) is 2.11. The average molecular weight is 258 g/mol. The predicted octanol–water partition coefficient (Wildman–Crippen LogP) is 0.652. The molecule has 1 rings (SSSR count). The molecule has 1 aliphatic carbocycles. The minimum atomic E-state index is -0.910. The molecule has 0 bridgehead atoms. The van der Waals surface area contributed by atoms with Crippen LogP contribution in [0.1, 0.15) is 32.6 Å². The Morgan fingerprint density at radius 2 is 2.06 bits per heavy atom. The second-order valence-corrected chi connectivity index (χ2v) is 5.02. The van der Waals surface area contributed by atoms with E-state index < -0.39 is 5.97 Å². The van der Waals surface area contributed by atoms with Gasteiger partial charge in [-0.2, -0.15) is 0 Å². The van der Waals surface area contributed by atoms with Crippen LogP contribution in [-0.4, -0.2) is 52.9 Å². The maximum Gasteiger partial charge on any atom is 0.317 e. The van der Waals surface area contributed by atoms with Crippen LogP contribution in [0.3, 0.4) is 0 Å². The zero-order valence-electron chi connectivity index (χ0n) is 10.9. The van der Waals surface area contributed by atoms with E-state index in [0.29, 0.717) is 18.9 Å². The van der Waals surface area contributed by atoms with Crippen molar-refractivity contribution >= 4 is 12.0 Å². The minimum Gasteiger partial charge on any atom is -0.481 e. The molecule has 0 spiro atoms. The lowest BCUT2D eigenvalue weighted by Crippen LogP contribution is -2.47. The molecule has 0 aromatic carbocycles. The normalized spacial score (nSPS) is 23.9. The Bertz CT molecular complexity index is 302. The fraction of sp³-hybridized carbons (Fsp3) is 0.833. The van der Waals surface area contributed by atoms with Crippen molar-refractivity contribution in [2.45, 2.75) is 44.8 Å². The van der Waals surface area contributed by atoms with Crippen LogP contribution in [0.15, 0.2) is 0 Å². The highest BCUT2D eigenvalue weighted by atomic mass is 16.4. The molecule has 1 atom stereocenters. The van der Waals surface area contributed by atoms with Crippen LogP contribution in [0, 0.1) is 5.92 Å². The number of amides is 2. The summed E-state index contributed by atoms with van der Waals surface area (Å²) in [6.07, 6.45) is 1.79. The van der Waals surface area contributed by atoms with E-state index in [-0.39, 0.29) is 24.6 Å². The van der Waals surface area contributed by atoms with Gasteiger partial charge in [0.2, 0.25) is 0 Å². The molecular weight excluding hydrogens is 236 g/mol. The van der Waals surface area contributed by atoms with Crippen molar-refractivity contribution in [2.24, 2.45) is 5.92 Å². The Hall–Kier alpha value is -1.30. The molecule has 104 valence electrons. The lowest BCUT2D eigenvalue weighted by atomic mass is 9.82. The largest absolute Gasteiger partial charge is 0.481 e. The molecule has 2 amide bonds. The standard InChI is InChI=1S/C12H22N2O4/c1-3-9(6-11(16)17)13-12(18)14(2)7-8-4-10(15)5-8/h8-10,15H,3-7H2,1-2H3,(H,13,18)(H,16,17). The summed E-state index contributed by atoms with van der Waals surface area (Å²) in [6, 6.07) is -0.575. The molecule has 0 aromatic rings. The Kier molecular flexibility index (Phi) is 5.40. The lowest BCUT2D eigenvalue weighted by Gasteiger charge is -2.34. The van der Waals surface area contributed by atoms with Crippen LogP contribution in [0.4, 0.5) is 4.79 Å². The summed E-state index contributed by atoms with van der Waals surface area (Å²) in [5.74, 6) is -0.554. The summed E-state index contributed by atoms with van der Waals surface area (Å²) >= 11 is 0. The van der Waals surface area contributed by atoms with E-state index in [2.05, 4.69) is 5.32 Å². The molecule has 0 heterocycles. The first kappa shape index (κ1) is 14.8. The molecule has 0 aromatic heterocycles. The smallest absolute Gasteiger partial charge is 0.317 e. The molecule has 0 aliphatic heterocycles. The number of aliphatic hydroxyl groups excluding tert-OH is 1. The first-order valence-electron chi connectivity index (χ1n) is 6.33. The summed E-state index contributed by atoms with van der Waals surface area (Å²) < 4.78 is 0. The molecule has 6 nitrogen and oxygen atoms in total. The zero-order valence-corrected chi connectivity index (χ0v) is 10.9. The maximum absolute atomic E-state index is 11.8. The van der Waals surface area contributed by atoms with Crippen LogP contribution < -0.4 is 5.32 Å². The third-order valence-corrected chi connectivity index (χ3v) is 3.33. The first-order chi connectivity index (χ1) is 8.42. The summed E-state index contributed by atoms with van der Waals surface area (Å²) in [7, 11) is 1.69. The zero-order chi connectivity index (χ0) is 13.7. The average Bonchev–Trinajstić information content (AvgIpc) is 2.25. The van der Waals surface area contributed by atoms with Crippen LogP contribution in [0.5, 0.6) is 0 Å². The van der Waals surface area contributed by atoms with E-state index >= 15 is 0 Å². The van der Waals surface area contributed by atoms with Crippen molar-refractivity contribution in [3.63, 3.8) is 0 Å². The van der Waals surface area contributed by atoms with Gasteiger partial charge in [-0.15, -0.1) is 0 Å². The number of nitrogens with zero attached hydrogens (tertiary/aromatic N) is 1. The van der Waals surface area contributed by atoms with Crippen molar-refractivity contribution in [1.29, 1.82) is 0 Å². The van der Waals surface area contributed by atoms with E-state index in [4.69, 9.17) is 10.2 Å². The molecule has 1 saturated carbocycles. The van der Waals surface area contributed by atoms with E-state index in [1.165, 1.54) is 0 Å². The number of aliphatic hydroxyl groups is 1. The SMILES string of the molecule is CCC(CC(=O)O)NC(=O)N(C)CC1CC(O)C1. The van der Waals surface area contributed by atoms with E-state index in [1.54, 1.807) is 11.9 Å². The number of carbonyl (C=O) groups is 2. The molecule has 1 aliphatic rings. The third kappa shape index (κ3) is 4.52. The van der Waals surface area contributed by atoms with Crippen molar-refractivity contribution in [1.82, 2.24) is 10.2 Å². The van der Waals surface area contributed by atoms with Crippen LogP contribution >= 0.6 is 0 Å². The first-order valence-corrected chi connectivity index (χ1v) is 6.33. The van der Waals surface area contributed by atoms with Gasteiger partial charge >= 0.3 is 12.0 Å². The quantitative estimate of drug-likeness (QED) is 0.652. The number of carbonyl (C=O) groups excluding carboxylic acids is 1. The van der Waals surface area contributed by atoms with Crippen molar-refractivity contribution < 1.29 is 19.8 Å². The third-order valence-electron chi connectivity index (χ3n) is 3.33. The van der Waals surface area contributed by atoms with Gasteiger partial charge in [0.15, 0.2) is 0 Å². The van der Waals surface area contributed by atoms with Gasteiger partial charge in [-0.05, 0) is 25.2 Å². The number of nitrogens with one attached hydrogen (secondary N) is 1. The van der Waals surface area contributed by atoms with Gasteiger partial charge in [0.1, 0.15) is 0 Å². The van der Waals surface area contributed by atoms with Gasteiger partial charge in [-0.3, -0.25) is 4.79 Å². The Labute approximate surface area is 107 Å². The summed E-state index contributed by atoms with van der Waals surface area (Å²) in [5, 5.41) is 20.6. The van der Waals surface area contributed by atoms with Crippen LogP contribution in [-0.2, 0) is 4.79 Å². The Balaban J connectivity index is 2.31. The second kappa shape index (κ2) is 6.58.